The van der Waals surface area contributed by atoms with Crippen molar-refractivity contribution in [2.45, 2.75) is 46.1 Å². The van der Waals surface area contributed by atoms with Crippen molar-refractivity contribution in [1.29, 1.82) is 0 Å². The standard InChI is InChI=1S/C27H34N2O3/c1-5-28(6-2)17-10-18-29-24(21-15-13-20(14-16-21)19(3)4)23(26(31)27(29)32)25(30)22-11-8-7-9-12-22/h7-9,11-16,19,24,30H,5-6,10,17-18H2,1-4H3. The van der Waals surface area contributed by atoms with Crippen LogP contribution in [0.2, 0.25) is 0 Å². The molecule has 0 spiro atoms. The molecule has 0 aliphatic carbocycles. The highest BCUT2D eigenvalue weighted by Crippen LogP contribution is 2.39. The minimum absolute atomic E-state index is 0.117. The van der Waals surface area contributed by atoms with Crippen molar-refractivity contribution in [3.8, 4) is 0 Å². The van der Waals surface area contributed by atoms with E-state index in [1.165, 1.54) is 5.56 Å². The molecular formula is C27H34N2O3. The van der Waals surface area contributed by atoms with Crippen molar-refractivity contribution in [3.63, 3.8) is 0 Å². The zero-order valence-corrected chi connectivity index (χ0v) is 19.5. The molecule has 5 heteroatoms. The van der Waals surface area contributed by atoms with E-state index in [1.54, 1.807) is 17.0 Å². The third-order valence-corrected chi connectivity index (χ3v) is 6.27. The monoisotopic (exact) mass is 434 g/mol. The van der Waals surface area contributed by atoms with E-state index in [2.05, 4.69) is 32.6 Å². The summed E-state index contributed by atoms with van der Waals surface area (Å²) in [5, 5.41) is 11.1. The Hall–Kier alpha value is -2.92. The molecule has 32 heavy (non-hydrogen) atoms. The summed E-state index contributed by atoms with van der Waals surface area (Å²) in [6.45, 7) is 11.7. The van der Waals surface area contributed by atoms with E-state index in [-0.39, 0.29) is 11.3 Å². The summed E-state index contributed by atoms with van der Waals surface area (Å²) < 4.78 is 0. The molecule has 1 N–H and O–H groups in total. The highest BCUT2D eigenvalue weighted by Gasteiger charge is 2.45. The lowest BCUT2D eigenvalue weighted by molar-refractivity contribution is -0.140. The van der Waals surface area contributed by atoms with E-state index in [1.807, 2.05) is 42.5 Å². The maximum atomic E-state index is 13.1. The van der Waals surface area contributed by atoms with Crippen LogP contribution >= 0.6 is 0 Å². The first kappa shape index (κ1) is 23.7. The third kappa shape index (κ3) is 4.94. The molecule has 1 atom stereocenters. The first-order valence-corrected chi connectivity index (χ1v) is 11.5. The van der Waals surface area contributed by atoms with Crippen LogP contribution in [0.1, 0.15) is 62.8 Å². The summed E-state index contributed by atoms with van der Waals surface area (Å²) in [4.78, 5) is 30.1. The number of Topliss-reactive ketones (excluding diaryl/α,β-unsaturated/α-hetero) is 1. The van der Waals surface area contributed by atoms with Crippen LogP contribution < -0.4 is 0 Å². The Morgan fingerprint density at radius 1 is 1.00 bits per heavy atom. The molecule has 1 aliphatic rings. The van der Waals surface area contributed by atoms with Gasteiger partial charge < -0.3 is 14.9 Å². The molecule has 2 aromatic carbocycles. The number of carbonyl (C=O) groups is 2. The number of nitrogens with zero attached hydrogens (tertiary/aromatic N) is 2. The van der Waals surface area contributed by atoms with Gasteiger partial charge >= 0.3 is 0 Å². The normalized spacial score (nSPS) is 18.2. The summed E-state index contributed by atoms with van der Waals surface area (Å²) in [6.07, 6.45) is 0.765. The molecule has 0 bridgehead atoms. The number of carbonyl (C=O) groups excluding carboxylic acids is 2. The zero-order valence-electron chi connectivity index (χ0n) is 19.5. The van der Waals surface area contributed by atoms with Gasteiger partial charge in [0.25, 0.3) is 11.7 Å². The maximum Gasteiger partial charge on any atom is 0.295 e. The number of ketones is 1. The lowest BCUT2D eigenvalue weighted by Crippen LogP contribution is -2.33. The molecule has 3 rings (SSSR count). The summed E-state index contributed by atoms with van der Waals surface area (Å²) in [5.41, 5.74) is 2.74. The van der Waals surface area contributed by atoms with Crippen LogP contribution in [0.5, 0.6) is 0 Å². The molecule has 1 unspecified atom stereocenters. The Kier molecular flexibility index (Phi) is 7.86. The number of rotatable bonds is 9. The number of hydrogen-bond donors (Lipinski definition) is 1. The second-order valence-corrected chi connectivity index (χ2v) is 8.56. The SMILES string of the molecule is CCN(CC)CCCN1C(=O)C(=O)C(=C(O)c2ccccc2)C1c1ccc(C(C)C)cc1. The number of benzene rings is 2. The predicted molar refractivity (Wildman–Crippen MR) is 128 cm³/mol. The Morgan fingerprint density at radius 3 is 2.19 bits per heavy atom. The summed E-state index contributed by atoms with van der Waals surface area (Å²) >= 11 is 0. The summed E-state index contributed by atoms with van der Waals surface area (Å²) in [7, 11) is 0. The number of aliphatic hydroxyl groups excluding tert-OH is 1. The topological polar surface area (TPSA) is 60.9 Å². The predicted octanol–water partition coefficient (Wildman–Crippen LogP) is 4.96. The third-order valence-electron chi connectivity index (χ3n) is 6.27. The van der Waals surface area contributed by atoms with Gasteiger partial charge in [0.2, 0.25) is 0 Å². The second kappa shape index (κ2) is 10.6. The van der Waals surface area contributed by atoms with Crippen molar-refractivity contribution >= 4 is 17.4 Å². The lowest BCUT2D eigenvalue weighted by Gasteiger charge is -2.27. The van der Waals surface area contributed by atoms with Gasteiger partial charge in [-0.3, -0.25) is 9.59 Å². The van der Waals surface area contributed by atoms with E-state index in [0.29, 0.717) is 18.0 Å². The van der Waals surface area contributed by atoms with Crippen LogP contribution in [0.3, 0.4) is 0 Å². The van der Waals surface area contributed by atoms with Crippen LogP contribution in [0, 0.1) is 0 Å². The number of amides is 1. The highest BCUT2D eigenvalue weighted by atomic mass is 16.3. The van der Waals surface area contributed by atoms with Crippen LogP contribution in [0.15, 0.2) is 60.2 Å². The average molecular weight is 435 g/mol. The number of hydrogen-bond acceptors (Lipinski definition) is 4. The van der Waals surface area contributed by atoms with E-state index >= 15 is 0 Å². The largest absolute Gasteiger partial charge is 0.507 e. The van der Waals surface area contributed by atoms with E-state index in [9.17, 15) is 14.7 Å². The van der Waals surface area contributed by atoms with Gasteiger partial charge in [-0.15, -0.1) is 0 Å². The minimum atomic E-state index is -0.618. The molecule has 1 heterocycles. The first-order chi connectivity index (χ1) is 15.4. The smallest absolute Gasteiger partial charge is 0.295 e. The van der Waals surface area contributed by atoms with Gasteiger partial charge in [-0.05, 0) is 43.1 Å². The van der Waals surface area contributed by atoms with Crippen molar-refractivity contribution in [2.24, 2.45) is 0 Å². The van der Waals surface area contributed by atoms with Gasteiger partial charge in [0.15, 0.2) is 0 Å². The second-order valence-electron chi connectivity index (χ2n) is 8.56. The van der Waals surface area contributed by atoms with Crippen molar-refractivity contribution in [3.05, 3.63) is 76.9 Å². The Labute approximate surface area is 191 Å². The quantitative estimate of drug-likeness (QED) is 0.344. The minimum Gasteiger partial charge on any atom is -0.507 e. The molecule has 1 amide bonds. The Morgan fingerprint density at radius 2 is 1.62 bits per heavy atom. The molecule has 0 radical (unpaired) electrons. The molecular weight excluding hydrogens is 400 g/mol. The highest BCUT2D eigenvalue weighted by molar-refractivity contribution is 6.46. The van der Waals surface area contributed by atoms with Gasteiger partial charge in [-0.25, -0.2) is 0 Å². The van der Waals surface area contributed by atoms with Crippen molar-refractivity contribution < 1.29 is 14.7 Å². The van der Waals surface area contributed by atoms with Crippen LogP contribution in [-0.4, -0.2) is 52.8 Å². The first-order valence-electron chi connectivity index (χ1n) is 11.5. The fourth-order valence-electron chi connectivity index (χ4n) is 4.28. The molecule has 1 saturated heterocycles. The van der Waals surface area contributed by atoms with E-state index in [0.717, 1.165) is 31.6 Å². The van der Waals surface area contributed by atoms with Crippen molar-refractivity contribution in [1.82, 2.24) is 9.80 Å². The van der Waals surface area contributed by atoms with Gasteiger partial charge in [0.1, 0.15) is 5.76 Å². The summed E-state index contributed by atoms with van der Waals surface area (Å²) in [5.74, 6) is -0.894. The molecule has 170 valence electrons. The number of aliphatic hydroxyl groups is 1. The zero-order chi connectivity index (χ0) is 23.3. The molecule has 1 fully saturated rings. The Balaban J connectivity index is 2.01. The maximum absolute atomic E-state index is 13.1. The lowest BCUT2D eigenvalue weighted by atomic mass is 9.93. The summed E-state index contributed by atoms with van der Waals surface area (Å²) in [6, 6.07) is 16.4. The number of likely N-dealkylation sites (tertiary alicyclic amines) is 1. The molecule has 0 aromatic heterocycles. The molecule has 5 nitrogen and oxygen atoms in total. The van der Waals surface area contributed by atoms with Gasteiger partial charge in [-0.1, -0.05) is 82.3 Å². The Bertz CT molecular complexity index is 960. The molecule has 2 aromatic rings. The fraction of sp³-hybridized carbons (Fsp3) is 0.407. The van der Waals surface area contributed by atoms with Crippen LogP contribution in [-0.2, 0) is 9.59 Å². The van der Waals surface area contributed by atoms with Gasteiger partial charge in [0.05, 0.1) is 11.6 Å². The van der Waals surface area contributed by atoms with Crippen LogP contribution in [0.4, 0.5) is 0 Å². The van der Waals surface area contributed by atoms with E-state index in [4.69, 9.17) is 0 Å². The molecule has 1 aliphatic heterocycles. The van der Waals surface area contributed by atoms with Crippen LogP contribution in [0.25, 0.3) is 5.76 Å². The fourth-order valence-corrected chi connectivity index (χ4v) is 4.28. The van der Waals surface area contributed by atoms with Gasteiger partial charge in [0, 0.05) is 12.1 Å². The molecule has 0 saturated carbocycles. The average Bonchev–Trinajstić information content (AvgIpc) is 3.07. The van der Waals surface area contributed by atoms with Crippen molar-refractivity contribution in [2.75, 3.05) is 26.2 Å². The van der Waals surface area contributed by atoms with Gasteiger partial charge in [-0.2, -0.15) is 0 Å². The van der Waals surface area contributed by atoms with E-state index < -0.39 is 17.7 Å².